The van der Waals surface area contributed by atoms with E-state index in [-0.39, 0.29) is 55.2 Å². The highest BCUT2D eigenvalue weighted by Gasteiger charge is 2.23. The third-order valence-electron chi connectivity index (χ3n) is 7.48. The lowest BCUT2D eigenvalue weighted by atomic mass is 9.87. The van der Waals surface area contributed by atoms with Crippen molar-refractivity contribution in [1.82, 2.24) is 19.2 Å². The predicted octanol–water partition coefficient (Wildman–Crippen LogP) is 6.29. The third-order valence-corrected chi connectivity index (χ3v) is 7.48. The summed E-state index contributed by atoms with van der Waals surface area (Å²) in [5, 5.41) is 0. The van der Waals surface area contributed by atoms with Gasteiger partial charge in [-0.15, -0.1) is 49.6 Å². The highest BCUT2D eigenvalue weighted by Crippen LogP contribution is 2.33. The van der Waals surface area contributed by atoms with Crippen molar-refractivity contribution in [2.75, 3.05) is 37.6 Å². The number of anilines is 1. The van der Waals surface area contributed by atoms with Gasteiger partial charge in [0.1, 0.15) is 5.82 Å². The molecule has 1 aromatic carbocycles. The first-order valence-corrected chi connectivity index (χ1v) is 13.0. The number of hydrogen-bond acceptors (Lipinski definition) is 4. The van der Waals surface area contributed by atoms with E-state index < -0.39 is 0 Å². The molecule has 0 atom stereocenters. The Labute approximate surface area is 251 Å². The van der Waals surface area contributed by atoms with Gasteiger partial charge in [0.15, 0.2) is 0 Å². The maximum absolute atomic E-state index is 13.1. The molecule has 1 aliphatic carbocycles. The second kappa shape index (κ2) is 16.4. The average molecular weight is 605 g/mol. The van der Waals surface area contributed by atoms with Crippen LogP contribution in [0.25, 0.3) is 5.69 Å². The van der Waals surface area contributed by atoms with Crippen LogP contribution < -0.4 is 10.5 Å². The van der Waals surface area contributed by atoms with Gasteiger partial charge in [-0.2, -0.15) is 0 Å². The highest BCUT2D eigenvalue weighted by atomic mass is 35.5. The zero-order valence-corrected chi connectivity index (χ0v) is 25.3. The van der Waals surface area contributed by atoms with E-state index >= 15 is 0 Å². The number of para-hydroxylation sites is 1. The molecule has 0 bridgehead atoms. The van der Waals surface area contributed by atoms with Gasteiger partial charge in [0.25, 0.3) is 5.56 Å². The molecule has 10 heteroatoms. The summed E-state index contributed by atoms with van der Waals surface area (Å²) in [5.74, 6) is 1.58. The van der Waals surface area contributed by atoms with Crippen LogP contribution in [0.1, 0.15) is 55.7 Å². The van der Waals surface area contributed by atoms with Crippen molar-refractivity contribution >= 4 is 55.4 Å². The third kappa shape index (κ3) is 8.15. The van der Waals surface area contributed by atoms with Crippen LogP contribution >= 0.6 is 49.6 Å². The Morgan fingerprint density at radius 1 is 0.842 bits per heavy atom. The van der Waals surface area contributed by atoms with E-state index in [0.29, 0.717) is 5.92 Å². The van der Waals surface area contributed by atoms with Gasteiger partial charge in [-0.1, -0.05) is 37.5 Å². The standard InChI is InChI=1S/C28H37N5O.4ClH/c1-23-13-14-29-27(21-23)31-19-17-30(18-20-31)15-8-16-32-28(34)22-26(24-9-4-2-5-10-24)33(32)25-11-6-3-7-12-25;;;;/h3,6-7,11-14,21-22,24H,2,4-5,8-10,15-20H2,1H3;4*1H. The Kier molecular flexibility index (Phi) is 14.8. The number of halogens is 4. The zero-order chi connectivity index (χ0) is 23.3. The second-order valence-electron chi connectivity index (χ2n) is 9.89. The van der Waals surface area contributed by atoms with Crippen molar-refractivity contribution in [2.45, 2.75) is 57.9 Å². The Balaban J connectivity index is 0.00000180. The molecule has 5 rings (SSSR count). The summed E-state index contributed by atoms with van der Waals surface area (Å²) in [6.07, 6.45) is 9.11. The number of nitrogens with zero attached hydrogens (tertiary/aromatic N) is 5. The van der Waals surface area contributed by atoms with E-state index in [0.717, 1.165) is 57.2 Å². The van der Waals surface area contributed by atoms with Gasteiger partial charge in [-0.05, 0) is 56.0 Å². The van der Waals surface area contributed by atoms with Gasteiger partial charge < -0.3 is 4.90 Å². The van der Waals surface area contributed by atoms with Crippen LogP contribution in [0.4, 0.5) is 5.82 Å². The molecule has 3 heterocycles. The molecule has 0 radical (unpaired) electrons. The van der Waals surface area contributed by atoms with Crippen LogP contribution in [-0.4, -0.2) is 52.0 Å². The van der Waals surface area contributed by atoms with Crippen molar-refractivity contribution in [3.05, 3.63) is 76.3 Å². The van der Waals surface area contributed by atoms with Crippen LogP contribution in [0, 0.1) is 6.92 Å². The lowest BCUT2D eigenvalue weighted by Crippen LogP contribution is -2.47. The number of piperazine rings is 1. The molecule has 0 unspecified atom stereocenters. The van der Waals surface area contributed by atoms with Crippen molar-refractivity contribution in [3.63, 3.8) is 0 Å². The normalized spacial score (nSPS) is 16.0. The van der Waals surface area contributed by atoms with E-state index in [1.54, 1.807) is 0 Å². The largest absolute Gasteiger partial charge is 0.354 e. The summed E-state index contributed by atoms with van der Waals surface area (Å²) in [4.78, 5) is 22.5. The molecule has 0 amide bonds. The molecule has 6 nitrogen and oxygen atoms in total. The van der Waals surface area contributed by atoms with Crippen molar-refractivity contribution in [1.29, 1.82) is 0 Å². The number of aryl methyl sites for hydroxylation is 1. The van der Waals surface area contributed by atoms with E-state index in [1.165, 1.54) is 43.4 Å². The molecule has 38 heavy (non-hydrogen) atoms. The first-order chi connectivity index (χ1) is 16.7. The summed E-state index contributed by atoms with van der Waals surface area (Å²) in [6.45, 7) is 7.97. The first-order valence-electron chi connectivity index (χ1n) is 13.0. The monoisotopic (exact) mass is 603 g/mol. The Hall–Kier alpha value is -1.70. The molecular weight excluding hydrogens is 564 g/mol. The van der Waals surface area contributed by atoms with E-state index in [9.17, 15) is 4.79 Å². The first kappa shape index (κ1) is 34.3. The van der Waals surface area contributed by atoms with Gasteiger partial charge in [0, 0.05) is 63.1 Å². The molecule has 1 saturated heterocycles. The molecule has 212 valence electrons. The van der Waals surface area contributed by atoms with Crippen LogP contribution in [0.5, 0.6) is 0 Å². The van der Waals surface area contributed by atoms with Crippen molar-refractivity contribution in [2.24, 2.45) is 0 Å². The van der Waals surface area contributed by atoms with Gasteiger partial charge in [0.2, 0.25) is 0 Å². The lowest BCUT2D eigenvalue weighted by Gasteiger charge is -2.35. The van der Waals surface area contributed by atoms with Crippen LogP contribution in [0.2, 0.25) is 0 Å². The Bertz CT molecular complexity index is 1140. The average Bonchev–Trinajstić information content (AvgIpc) is 3.21. The summed E-state index contributed by atoms with van der Waals surface area (Å²) >= 11 is 0. The zero-order valence-electron chi connectivity index (χ0n) is 22.0. The molecule has 2 aliphatic rings. The number of hydrogen-bond donors (Lipinski definition) is 0. The molecule has 1 saturated carbocycles. The molecule has 0 N–H and O–H groups in total. The topological polar surface area (TPSA) is 46.3 Å². The van der Waals surface area contributed by atoms with Gasteiger partial charge in [-0.3, -0.25) is 14.4 Å². The van der Waals surface area contributed by atoms with Crippen molar-refractivity contribution < 1.29 is 0 Å². The fourth-order valence-corrected chi connectivity index (χ4v) is 5.59. The Morgan fingerprint density at radius 2 is 1.53 bits per heavy atom. The van der Waals surface area contributed by atoms with Gasteiger partial charge in [0.05, 0.1) is 5.69 Å². The maximum atomic E-state index is 13.1. The van der Waals surface area contributed by atoms with E-state index in [4.69, 9.17) is 0 Å². The molecule has 0 spiro atoms. The number of rotatable bonds is 7. The maximum Gasteiger partial charge on any atom is 0.267 e. The SMILES string of the molecule is Cc1ccnc(N2CCN(CCCn3c(=O)cc(C4CCCCC4)n3-c3ccccc3)CC2)c1.Cl.Cl.Cl.Cl. The minimum atomic E-state index is 0. The summed E-state index contributed by atoms with van der Waals surface area (Å²) in [5.41, 5.74) is 3.70. The predicted molar refractivity (Wildman–Crippen MR) is 167 cm³/mol. The summed E-state index contributed by atoms with van der Waals surface area (Å²) in [7, 11) is 0. The molecule has 1 aliphatic heterocycles. The molecule has 2 aromatic heterocycles. The van der Waals surface area contributed by atoms with Crippen LogP contribution in [-0.2, 0) is 6.54 Å². The number of aromatic nitrogens is 3. The van der Waals surface area contributed by atoms with Crippen LogP contribution in [0.3, 0.4) is 0 Å². The van der Waals surface area contributed by atoms with Gasteiger partial charge >= 0.3 is 0 Å². The molecule has 2 fully saturated rings. The lowest BCUT2D eigenvalue weighted by molar-refractivity contribution is 0.246. The smallest absolute Gasteiger partial charge is 0.267 e. The van der Waals surface area contributed by atoms with Crippen LogP contribution in [0.15, 0.2) is 59.5 Å². The quantitative estimate of drug-likeness (QED) is 0.318. The fraction of sp³-hybridized carbons (Fsp3) is 0.500. The number of benzene rings is 1. The van der Waals surface area contributed by atoms with Gasteiger partial charge in [-0.25, -0.2) is 9.67 Å². The van der Waals surface area contributed by atoms with E-state index in [1.807, 2.05) is 29.1 Å². The van der Waals surface area contributed by atoms with E-state index in [2.05, 4.69) is 56.7 Å². The highest BCUT2D eigenvalue weighted by molar-refractivity contribution is 5.86. The summed E-state index contributed by atoms with van der Waals surface area (Å²) in [6, 6.07) is 16.6. The number of pyridine rings is 1. The van der Waals surface area contributed by atoms with Crippen molar-refractivity contribution in [3.8, 4) is 5.69 Å². The minimum Gasteiger partial charge on any atom is -0.354 e. The molecular formula is C28H41Cl4N5O. The summed E-state index contributed by atoms with van der Waals surface area (Å²) < 4.78 is 4.20. The Morgan fingerprint density at radius 3 is 2.18 bits per heavy atom. The second-order valence-corrected chi connectivity index (χ2v) is 9.89. The molecule has 3 aromatic rings. The fourth-order valence-electron chi connectivity index (χ4n) is 5.59. The minimum absolute atomic E-state index is 0.